The van der Waals surface area contributed by atoms with Gasteiger partial charge in [0.2, 0.25) is 3.79 Å². The van der Waals surface area contributed by atoms with Crippen LogP contribution in [0.5, 0.6) is 0 Å². The predicted octanol–water partition coefficient (Wildman–Crippen LogP) is 11.9. The second-order valence-corrected chi connectivity index (χ2v) is 26.6. The number of nitrogens with zero attached hydrogens (tertiary/aromatic N) is 3. The smallest absolute Gasteiger partial charge is 0.411 e. The number of aryl methyl sites for hydroxylation is 1. The number of benzene rings is 2. The van der Waals surface area contributed by atoms with Crippen molar-refractivity contribution in [3.05, 3.63) is 74.8 Å². The summed E-state index contributed by atoms with van der Waals surface area (Å²) in [5.74, 6) is -0.270. The highest BCUT2D eigenvalue weighted by Gasteiger charge is 2.53. The first-order valence-corrected chi connectivity index (χ1v) is 24.8. The second-order valence-electron chi connectivity index (χ2n) is 18.7. The van der Waals surface area contributed by atoms with Crippen molar-refractivity contribution in [3.63, 3.8) is 0 Å². The summed E-state index contributed by atoms with van der Waals surface area (Å²) >= 11 is 32.0. The van der Waals surface area contributed by atoms with Crippen molar-refractivity contribution in [2.24, 2.45) is 0 Å². The Morgan fingerprint density at radius 3 is 2.07 bits per heavy atom. The van der Waals surface area contributed by atoms with E-state index in [1.165, 1.54) is 13.8 Å². The number of carbonyl (C=O) groups is 3. The van der Waals surface area contributed by atoms with E-state index in [0.29, 0.717) is 27.8 Å². The molecule has 2 bridgehead atoms. The lowest BCUT2D eigenvalue weighted by atomic mass is 9.81. The molecule has 2 heterocycles. The van der Waals surface area contributed by atoms with Gasteiger partial charge in [0.1, 0.15) is 5.60 Å². The van der Waals surface area contributed by atoms with Crippen LogP contribution >= 0.6 is 58.0 Å². The van der Waals surface area contributed by atoms with Gasteiger partial charge in [0.05, 0.1) is 22.1 Å². The molecule has 3 amide bonds. The van der Waals surface area contributed by atoms with E-state index in [2.05, 4.69) is 46.0 Å². The number of carbonyl (C=O) groups excluding carboxylic acids is 3. The minimum atomic E-state index is -1.95. The van der Waals surface area contributed by atoms with Gasteiger partial charge >= 0.3 is 12.2 Å². The van der Waals surface area contributed by atoms with E-state index >= 15 is 4.79 Å². The quantitative estimate of drug-likeness (QED) is 0.127. The molecule has 1 aliphatic carbocycles. The van der Waals surface area contributed by atoms with Crippen LogP contribution in [0.25, 0.3) is 5.57 Å². The monoisotopic (exact) mass is 915 g/mol. The third-order valence-corrected chi connectivity index (χ3v) is 18.3. The highest BCUT2D eigenvalue weighted by Crippen LogP contribution is 2.45. The summed E-state index contributed by atoms with van der Waals surface area (Å²) in [6.07, 6.45) is 2.28. The molecule has 0 radical (unpaired) electrons. The Hall–Kier alpha value is -2.18. The first-order chi connectivity index (χ1) is 26.7. The van der Waals surface area contributed by atoms with Crippen LogP contribution in [0.1, 0.15) is 97.8 Å². The van der Waals surface area contributed by atoms with Gasteiger partial charge in [0.15, 0.2) is 13.9 Å². The molecule has 9 nitrogen and oxygen atoms in total. The summed E-state index contributed by atoms with van der Waals surface area (Å²) in [7, 11) is -1.85. The molecule has 15 heteroatoms. The van der Waals surface area contributed by atoms with E-state index in [0.717, 1.165) is 42.4 Å². The fourth-order valence-corrected chi connectivity index (χ4v) is 8.57. The molecule has 2 aromatic rings. The molecular weight excluding hydrogens is 860 g/mol. The molecule has 2 aliphatic heterocycles. The fraction of sp³-hybridized carbons (Fsp3) is 0.605. The van der Waals surface area contributed by atoms with E-state index in [-0.39, 0.29) is 43.0 Å². The molecule has 0 spiro atoms. The predicted molar refractivity (Wildman–Crippen MR) is 238 cm³/mol. The number of halogens is 5. The first kappa shape index (κ1) is 46.9. The summed E-state index contributed by atoms with van der Waals surface area (Å²) in [5, 5.41) is 0.902. The summed E-state index contributed by atoms with van der Waals surface area (Å²) in [6, 6.07) is 12.1. The largest absolute Gasteiger partial charge is 0.444 e. The SMILES string of the molecule is CC(C)(C)OC(=O)N1C[C@H]2CC(c3ccc(CCCO[Si](C)(C)C(C)(C)C)cc3)=C(C(=O)N(Cc3cccc(Cl)c3Cl)C3CC3)[C@@H](C1)N2C(=O)OC(C)(C)C(Cl)(Cl)Cl. The fourth-order valence-electron chi connectivity index (χ4n) is 6.99. The van der Waals surface area contributed by atoms with Gasteiger partial charge in [-0.2, -0.15) is 0 Å². The molecule has 5 rings (SSSR count). The van der Waals surface area contributed by atoms with Crippen LogP contribution in [0.3, 0.4) is 0 Å². The van der Waals surface area contributed by atoms with Crippen LogP contribution in [-0.4, -0.2) is 93.9 Å². The van der Waals surface area contributed by atoms with Crippen molar-refractivity contribution in [2.45, 2.75) is 145 Å². The molecule has 58 heavy (non-hydrogen) atoms. The zero-order valence-corrected chi connectivity index (χ0v) is 40.1. The maximum atomic E-state index is 15.4. The van der Waals surface area contributed by atoms with Crippen molar-refractivity contribution in [1.29, 1.82) is 0 Å². The Balaban J connectivity index is 1.57. The number of rotatable bonds is 11. The number of amides is 3. The van der Waals surface area contributed by atoms with E-state index in [9.17, 15) is 9.59 Å². The van der Waals surface area contributed by atoms with Crippen LogP contribution in [0, 0.1) is 0 Å². The summed E-state index contributed by atoms with van der Waals surface area (Å²) in [4.78, 5) is 48.4. The topological polar surface area (TPSA) is 88.6 Å². The minimum Gasteiger partial charge on any atom is -0.444 e. The van der Waals surface area contributed by atoms with Crippen LogP contribution in [0.4, 0.5) is 9.59 Å². The summed E-state index contributed by atoms with van der Waals surface area (Å²) < 4.78 is 16.2. The zero-order valence-electron chi connectivity index (χ0n) is 35.3. The van der Waals surface area contributed by atoms with Crippen molar-refractivity contribution in [2.75, 3.05) is 19.7 Å². The highest BCUT2D eigenvalue weighted by molar-refractivity contribution is 6.74. The summed E-state index contributed by atoms with van der Waals surface area (Å²) in [5.41, 5.74) is 1.59. The molecule has 320 valence electrons. The normalized spacial score (nSPS) is 19.3. The van der Waals surface area contributed by atoms with Crippen LogP contribution in [0.2, 0.25) is 28.2 Å². The molecule has 0 N–H and O–H groups in total. The summed E-state index contributed by atoms with van der Waals surface area (Å²) in [6.45, 7) is 20.7. The average Bonchev–Trinajstić information content (AvgIpc) is 3.94. The van der Waals surface area contributed by atoms with Gasteiger partial charge in [0, 0.05) is 37.9 Å². The van der Waals surface area contributed by atoms with Gasteiger partial charge in [-0.25, -0.2) is 9.59 Å². The lowest BCUT2D eigenvalue weighted by Crippen LogP contribution is -2.66. The second kappa shape index (κ2) is 17.7. The molecule has 1 saturated heterocycles. The minimum absolute atomic E-state index is 0.0258. The van der Waals surface area contributed by atoms with Crippen molar-refractivity contribution >= 4 is 90.0 Å². The molecule has 3 aliphatic rings. The molecule has 2 atom stereocenters. The lowest BCUT2D eigenvalue weighted by molar-refractivity contribution is -0.129. The zero-order chi connectivity index (χ0) is 43.2. The number of fused-ring (bicyclic) bond motifs is 2. The third-order valence-electron chi connectivity index (χ3n) is 11.6. The van der Waals surface area contributed by atoms with E-state index in [1.54, 1.807) is 42.7 Å². The standard InChI is InChI=1S/C43H58Cl5N3O6Si/c1-40(2,3)56-38(53)49-25-31-23-32(28-18-16-27(17-19-28)13-12-22-55-58(9,10)41(4,5)6)35(34(26-49)51(31)39(54)57-42(7,8)43(46,47)48)37(52)50(30-20-21-30)24-29-14-11-15-33(44)36(29)45/h11,14-19,30-31,34H,12-13,20-26H2,1-10H3/t31-,34-/m1/s1. The third kappa shape index (κ3) is 11.0. The Bertz CT molecular complexity index is 1880. The van der Waals surface area contributed by atoms with E-state index in [1.807, 2.05) is 23.1 Å². The Kier molecular flexibility index (Phi) is 14.3. The number of ether oxygens (including phenoxy) is 2. The van der Waals surface area contributed by atoms with E-state index in [4.69, 9.17) is 71.9 Å². The molecule has 2 fully saturated rings. The van der Waals surface area contributed by atoms with Gasteiger partial charge in [-0.05, 0) is 113 Å². The number of piperazine rings is 1. The Labute approximate surface area is 370 Å². The molecular formula is C43H58Cl5N3O6Si. The van der Waals surface area contributed by atoms with E-state index < -0.39 is 47.6 Å². The lowest BCUT2D eigenvalue weighted by Gasteiger charge is -2.51. The maximum Gasteiger partial charge on any atom is 0.411 e. The van der Waals surface area contributed by atoms with Crippen molar-refractivity contribution in [3.8, 4) is 0 Å². The highest BCUT2D eigenvalue weighted by atomic mass is 35.6. The van der Waals surface area contributed by atoms with Crippen molar-refractivity contribution < 1.29 is 28.3 Å². The number of alkyl halides is 3. The number of hydrogen-bond acceptors (Lipinski definition) is 6. The van der Waals surface area contributed by atoms with Crippen LogP contribution < -0.4 is 0 Å². The Morgan fingerprint density at radius 2 is 1.50 bits per heavy atom. The Morgan fingerprint density at radius 1 is 0.862 bits per heavy atom. The molecule has 2 aromatic carbocycles. The first-order valence-electron chi connectivity index (χ1n) is 20.0. The van der Waals surface area contributed by atoms with Gasteiger partial charge in [0.25, 0.3) is 5.91 Å². The van der Waals surface area contributed by atoms with Gasteiger partial charge in [-0.15, -0.1) is 0 Å². The van der Waals surface area contributed by atoms with Gasteiger partial charge in [-0.3, -0.25) is 9.69 Å². The van der Waals surface area contributed by atoms with Crippen LogP contribution in [-0.2, 0) is 31.7 Å². The molecule has 1 saturated carbocycles. The van der Waals surface area contributed by atoms with Crippen LogP contribution in [0.15, 0.2) is 48.0 Å². The van der Waals surface area contributed by atoms with Crippen molar-refractivity contribution in [1.82, 2.24) is 14.7 Å². The molecule has 0 unspecified atom stereocenters. The number of hydrogen-bond donors (Lipinski definition) is 0. The average molecular weight is 918 g/mol. The van der Waals surface area contributed by atoms with Gasteiger partial charge in [-0.1, -0.05) is 115 Å². The molecule has 0 aromatic heterocycles. The maximum absolute atomic E-state index is 15.4. The van der Waals surface area contributed by atoms with Gasteiger partial charge < -0.3 is 23.7 Å².